The van der Waals surface area contributed by atoms with E-state index in [0.717, 1.165) is 17.6 Å². The minimum absolute atomic E-state index is 0.0936. The average Bonchev–Trinajstić information content (AvgIpc) is 2.84. The van der Waals surface area contributed by atoms with E-state index in [9.17, 15) is 5.11 Å². The van der Waals surface area contributed by atoms with Crippen LogP contribution in [-0.4, -0.2) is 21.8 Å². The zero-order chi connectivity index (χ0) is 15.0. The Morgan fingerprint density at radius 3 is 2.81 bits per heavy atom. The summed E-state index contributed by atoms with van der Waals surface area (Å²) in [5, 5.41) is 11.0. The van der Waals surface area contributed by atoms with E-state index in [2.05, 4.69) is 4.98 Å². The van der Waals surface area contributed by atoms with Crippen LogP contribution in [0.25, 0.3) is 22.4 Å². The van der Waals surface area contributed by atoms with E-state index in [1.165, 1.54) is 7.11 Å². The number of rotatable bonds is 3. The number of aryl methyl sites for hydroxylation is 1. The van der Waals surface area contributed by atoms with Gasteiger partial charge in [0.25, 0.3) is 0 Å². The van der Waals surface area contributed by atoms with Gasteiger partial charge >= 0.3 is 0 Å². The van der Waals surface area contributed by atoms with Gasteiger partial charge in [0.1, 0.15) is 5.82 Å². The first kappa shape index (κ1) is 13.8. The second-order valence-corrected chi connectivity index (χ2v) is 5.11. The Labute approximate surface area is 127 Å². The molecule has 0 radical (unpaired) electrons. The molecule has 0 saturated carbocycles. The monoisotopic (exact) mass is 302 g/mol. The minimum atomic E-state index is 0.0936. The molecular weight excluding hydrogens is 288 g/mol. The van der Waals surface area contributed by atoms with Crippen molar-refractivity contribution < 1.29 is 9.84 Å². The molecule has 0 saturated heterocycles. The van der Waals surface area contributed by atoms with Gasteiger partial charge in [0.2, 0.25) is 0 Å². The zero-order valence-corrected chi connectivity index (χ0v) is 12.6. The summed E-state index contributed by atoms with van der Waals surface area (Å²) in [7, 11) is 1.53. The second kappa shape index (κ2) is 5.30. The molecule has 0 aliphatic rings. The lowest BCUT2D eigenvalue weighted by atomic mass is 10.1. The molecule has 3 aromatic rings. The maximum atomic E-state index is 10.3. The Kier molecular flexibility index (Phi) is 3.47. The van der Waals surface area contributed by atoms with Gasteiger partial charge in [0, 0.05) is 11.6 Å². The van der Waals surface area contributed by atoms with Crippen LogP contribution in [0.15, 0.2) is 36.4 Å². The highest BCUT2D eigenvalue weighted by atomic mass is 35.5. The van der Waals surface area contributed by atoms with Crippen molar-refractivity contribution in [1.82, 2.24) is 9.55 Å². The van der Waals surface area contributed by atoms with Crippen LogP contribution in [0.5, 0.6) is 11.5 Å². The van der Waals surface area contributed by atoms with Crippen LogP contribution in [0, 0.1) is 0 Å². The maximum Gasteiger partial charge on any atom is 0.168 e. The van der Waals surface area contributed by atoms with Crippen molar-refractivity contribution >= 4 is 22.6 Å². The van der Waals surface area contributed by atoms with Gasteiger partial charge in [-0.2, -0.15) is 0 Å². The van der Waals surface area contributed by atoms with Gasteiger partial charge in [-0.25, -0.2) is 4.98 Å². The summed E-state index contributed by atoms with van der Waals surface area (Å²) in [5.74, 6) is 1.22. The van der Waals surface area contributed by atoms with Crippen molar-refractivity contribution in [1.29, 1.82) is 0 Å². The molecular formula is C16H15ClN2O2. The van der Waals surface area contributed by atoms with Crippen molar-refractivity contribution in [3.05, 3.63) is 41.4 Å². The number of aromatic nitrogens is 2. The molecule has 0 unspecified atom stereocenters. The van der Waals surface area contributed by atoms with E-state index in [1.54, 1.807) is 6.07 Å². The molecule has 0 aliphatic heterocycles. The second-order valence-electron chi connectivity index (χ2n) is 4.67. The third-order valence-corrected chi connectivity index (χ3v) is 3.72. The van der Waals surface area contributed by atoms with E-state index in [0.29, 0.717) is 22.2 Å². The van der Waals surface area contributed by atoms with E-state index in [1.807, 2.05) is 41.8 Å². The molecule has 1 N–H and O–H groups in total. The molecule has 3 rings (SSSR count). The molecule has 2 aromatic carbocycles. The number of nitrogens with zero attached hydrogens (tertiary/aromatic N) is 2. The fourth-order valence-electron chi connectivity index (χ4n) is 2.50. The molecule has 21 heavy (non-hydrogen) atoms. The average molecular weight is 303 g/mol. The lowest BCUT2D eigenvalue weighted by Crippen LogP contribution is -1.98. The molecule has 5 heteroatoms. The van der Waals surface area contributed by atoms with Crippen molar-refractivity contribution in [3.8, 4) is 22.9 Å². The number of imidazole rings is 1. The summed E-state index contributed by atoms with van der Waals surface area (Å²) in [6, 6.07) is 11.0. The molecule has 0 amide bonds. The van der Waals surface area contributed by atoms with Gasteiger partial charge in [-0.05, 0) is 37.3 Å². The van der Waals surface area contributed by atoms with Gasteiger partial charge < -0.3 is 14.4 Å². The number of hydrogen-bond donors (Lipinski definition) is 1. The van der Waals surface area contributed by atoms with Gasteiger partial charge in [0.05, 0.1) is 23.7 Å². The first-order chi connectivity index (χ1) is 10.2. The molecule has 1 heterocycles. The normalized spacial score (nSPS) is 11.0. The number of methoxy groups -OCH3 is 1. The van der Waals surface area contributed by atoms with Crippen molar-refractivity contribution in [2.45, 2.75) is 13.5 Å². The van der Waals surface area contributed by atoms with Crippen molar-refractivity contribution in [2.75, 3.05) is 7.11 Å². The minimum Gasteiger partial charge on any atom is -0.504 e. The van der Waals surface area contributed by atoms with Crippen molar-refractivity contribution in [2.24, 2.45) is 0 Å². The van der Waals surface area contributed by atoms with Gasteiger partial charge in [0.15, 0.2) is 11.5 Å². The number of benzene rings is 2. The fourth-order valence-corrected chi connectivity index (χ4v) is 2.66. The molecule has 0 bridgehead atoms. The predicted octanol–water partition coefficient (Wildman–Crippen LogP) is 4.09. The van der Waals surface area contributed by atoms with Crippen LogP contribution in [0.2, 0.25) is 5.02 Å². The van der Waals surface area contributed by atoms with Crippen molar-refractivity contribution in [3.63, 3.8) is 0 Å². The Morgan fingerprint density at radius 2 is 2.10 bits per heavy atom. The number of phenolic OH excluding ortho intramolecular Hbond substituents is 1. The summed E-state index contributed by atoms with van der Waals surface area (Å²) in [6.07, 6.45) is 0. The Balaban J connectivity index is 2.30. The maximum absolute atomic E-state index is 10.3. The molecule has 0 fully saturated rings. The van der Waals surface area contributed by atoms with E-state index in [-0.39, 0.29) is 5.75 Å². The first-order valence-electron chi connectivity index (χ1n) is 6.67. The third-order valence-electron chi connectivity index (χ3n) is 3.49. The Hall–Kier alpha value is -2.20. The molecule has 0 spiro atoms. The highest BCUT2D eigenvalue weighted by Gasteiger charge is 2.17. The van der Waals surface area contributed by atoms with Gasteiger partial charge in [-0.1, -0.05) is 17.7 Å². The number of hydrogen-bond acceptors (Lipinski definition) is 3. The summed E-state index contributed by atoms with van der Waals surface area (Å²) in [4.78, 5) is 4.61. The van der Waals surface area contributed by atoms with Crippen LogP contribution >= 0.6 is 11.6 Å². The standard InChI is InChI=1S/C16H15ClN2O2/c1-3-19-13-8-7-10(17)9-12(13)18-16(19)11-5-4-6-14(21-2)15(11)20/h4-9,20H,3H2,1-2H3. The highest BCUT2D eigenvalue weighted by Crippen LogP contribution is 2.37. The number of fused-ring (bicyclic) bond motifs is 1. The summed E-state index contributed by atoms with van der Waals surface area (Å²) < 4.78 is 7.21. The molecule has 108 valence electrons. The molecule has 0 aliphatic carbocycles. The van der Waals surface area contributed by atoms with E-state index in [4.69, 9.17) is 16.3 Å². The quantitative estimate of drug-likeness (QED) is 0.792. The topological polar surface area (TPSA) is 47.3 Å². The summed E-state index contributed by atoms with van der Waals surface area (Å²) >= 11 is 6.03. The summed E-state index contributed by atoms with van der Waals surface area (Å²) in [6.45, 7) is 2.78. The Bertz CT molecular complexity index is 811. The van der Waals surface area contributed by atoms with Gasteiger partial charge in [-0.3, -0.25) is 0 Å². The van der Waals surface area contributed by atoms with Gasteiger partial charge in [-0.15, -0.1) is 0 Å². The van der Waals surface area contributed by atoms with Crippen LogP contribution in [0.1, 0.15) is 6.92 Å². The molecule has 1 aromatic heterocycles. The lowest BCUT2D eigenvalue weighted by molar-refractivity contribution is 0.374. The smallest absolute Gasteiger partial charge is 0.168 e. The SMILES string of the molecule is CCn1c(-c2cccc(OC)c2O)nc2cc(Cl)ccc21. The van der Waals surface area contributed by atoms with Crippen LogP contribution < -0.4 is 4.74 Å². The van der Waals surface area contributed by atoms with E-state index >= 15 is 0 Å². The number of aromatic hydroxyl groups is 1. The Morgan fingerprint density at radius 1 is 1.29 bits per heavy atom. The predicted molar refractivity (Wildman–Crippen MR) is 84.1 cm³/mol. The van der Waals surface area contributed by atoms with Crippen LogP contribution in [-0.2, 0) is 6.54 Å². The highest BCUT2D eigenvalue weighted by molar-refractivity contribution is 6.31. The lowest BCUT2D eigenvalue weighted by Gasteiger charge is -2.10. The number of ether oxygens (including phenoxy) is 1. The molecule has 4 nitrogen and oxygen atoms in total. The fraction of sp³-hybridized carbons (Fsp3) is 0.188. The number of phenols is 1. The summed E-state index contributed by atoms with van der Waals surface area (Å²) in [5.41, 5.74) is 2.43. The first-order valence-corrected chi connectivity index (χ1v) is 7.05. The largest absolute Gasteiger partial charge is 0.504 e. The van der Waals surface area contributed by atoms with Crippen LogP contribution in [0.3, 0.4) is 0 Å². The molecule has 0 atom stereocenters. The third kappa shape index (κ3) is 2.21. The number of halogens is 1. The zero-order valence-electron chi connectivity index (χ0n) is 11.8. The van der Waals surface area contributed by atoms with Crippen LogP contribution in [0.4, 0.5) is 0 Å². The van der Waals surface area contributed by atoms with E-state index < -0.39 is 0 Å². The number of para-hydroxylation sites is 1.